The molecule has 3 aromatic rings. The maximum absolute atomic E-state index is 14.0. The van der Waals surface area contributed by atoms with Crippen molar-refractivity contribution >= 4 is 64.4 Å². The predicted molar refractivity (Wildman–Crippen MR) is 260 cm³/mol. The van der Waals surface area contributed by atoms with Crippen molar-refractivity contribution in [2.75, 3.05) is 98.2 Å². The van der Waals surface area contributed by atoms with Gasteiger partial charge in [0.2, 0.25) is 11.8 Å². The van der Waals surface area contributed by atoms with Gasteiger partial charge in [-0.1, -0.05) is 36.4 Å². The minimum absolute atomic E-state index is 0.0214. The third-order valence-corrected chi connectivity index (χ3v) is 11.8. The second-order valence-electron chi connectivity index (χ2n) is 17.4. The molecule has 1 aliphatic rings. The summed E-state index contributed by atoms with van der Waals surface area (Å²) in [5, 5.41) is 58.6. The smallest absolute Gasteiger partial charge is 0.326 e. The van der Waals surface area contributed by atoms with E-state index >= 15 is 0 Å². The van der Waals surface area contributed by atoms with E-state index in [2.05, 4.69) is 26.3 Å². The van der Waals surface area contributed by atoms with Gasteiger partial charge in [-0.15, -0.1) is 0 Å². The number of hydrogen-bond acceptors (Lipinski definition) is 14. The Kier molecular flexibility index (Phi) is 24.2. The number of nitrogens with zero attached hydrogens (tertiary/aromatic N) is 6. The fourth-order valence-corrected chi connectivity index (χ4v) is 7.93. The van der Waals surface area contributed by atoms with E-state index in [1.54, 1.807) is 50.1 Å². The van der Waals surface area contributed by atoms with Crippen molar-refractivity contribution in [3.05, 3.63) is 77.6 Å². The van der Waals surface area contributed by atoms with Crippen LogP contribution in [0.5, 0.6) is 0 Å². The molecule has 72 heavy (non-hydrogen) atoms. The highest BCUT2D eigenvalue weighted by Gasteiger charge is 2.24. The largest absolute Gasteiger partial charge is 0.480 e. The Labute approximate surface area is 416 Å². The first-order valence-corrected chi connectivity index (χ1v) is 23.7. The highest BCUT2D eigenvalue weighted by molar-refractivity contribution is 5.94. The molecule has 1 aliphatic heterocycles. The van der Waals surface area contributed by atoms with Crippen molar-refractivity contribution in [3.8, 4) is 0 Å². The molecule has 9 N–H and O–H groups in total. The topological polar surface area (TPSA) is 332 Å². The Morgan fingerprint density at radius 2 is 1.17 bits per heavy atom. The third-order valence-electron chi connectivity index (χ3n) is 11.8. The lowest BCUT2D eigenvalue weighted by Crippen LogP contribution is -2.49. The molecule has 392 valence electrons. The highest BCUT2D eigenvalue weighted by atomic mass is 16.4. The van der Waals surface area contributed by atoms with Gasteiger partial charge in [0, 0.05) is 95.6 Å². The third kappa shape index (κ3) is 21.8. The number of benzene rings is 2. The molecule has 1 atom stereocenters. The molecule has 0 saturated carbocycles. The van der Waals surface area contributed by atoms with Gasteiger partial charge in [0.25, 0.3) is 5.91 Å². The number of fused-ring (bicyclic) bond motifs is 1. The van der Waals surface area contributed by atoms with Gasteiger partial charge in [-0.05, 0) is 61.3 Å². The van der Waals surface area contributed by atoms with Crippen LogP contribution in [-0.2, 0) is 46.7 Å². The minimum Gasteiger partial charge on any atom is -0.480 e. The normalized spacial score (nSPS) is 14.7. The number of pyridine rings is 1. The number of amides is 5. The SMILES string of the molecule is O=C(O)CNC(=O)N[C@H](CCCCN(Cc1nccc2ccccc12)C(=O)c1ccc(CNC(=O)CCCCNC(=O)CN2CCN(CC(=O)O)CCN(CC(=O)O)CCN(CC(=O)O)CC2)cc1)C(=O)O. The van der Waals surface area contributed by atoms with Crippen molar-refractivity contribution < 1.29 is 68.7 Å². The van der Waals surface area contributed by atoms with E-state index in [1.807, 2.05) is 35.2 Å². The van der Waals surface area contributed by atoms with Crippen LogP contribution in [0.15, 0.2) is 60.8 Å². The van der Waals surface area contributed by atoms with Crippen LogP contribution in [-0.4, -0.2) is 213 Å². The molecule has 0 spiro atoms. The first-order chi connectivity index (χ1) is 34.4. The molecule has 0 radical (unpaired) electrons. The molecule has 1 fully saturated rings. The summed E-state index contributed by atoms with van der Waals surface area (Å²) < 4.78 is 0. The molecule has 4 rings (SSSR count). The summed E-state index contributed by atoms with van der Waals surface area (Å²) in [6.45, 7) is 1.61. The number of carboxylic acids is 5. The van der Waals surface area contributed by atoms with E-state index in [-0.39, 0.29) is 116 Å². The van der Waals surface area contributed by atoms with E-state index in [9.17, 15) is 63.6 Å². The quantitative estimate of drug-likeness (QED) is 0.0463. The van der Waals surface area contributed by atoms with Gasteiger partial charge >= 0.3 is 35.9 Å². The van der Waals surface area contributed by atoms with E-state index in [0.29, 0.717) is 56.6 Å². The van der Waals surface area contributed by atoms with Gasteiger partial charge < -0.3 is 51.7 Å². The molecule has 2 aromatic carbocycles. The Morgan fingerprint density at radius 3 is 1.72 bits per heavy atom. The van der Waals surface area contributed by atoms with Crippen molar-refractivity contribution in [2.24, 2.45) is 0 Å². The lowest BCUT2D eigenvalue weighted by molar-refractivity contribution is -0.140. The highest BCUT2D eigenvalue weighted by Crippen LogP contribution is 2.20. The minimum atomic E-state index is -1.29. The molecule has 1 aromatic heterocycles. The van der Waals surface area contributed by atoms with Crippen molar-refractivity contribution in [2.45, 2.75) is 57.7 Å². The van der Waals surface area contributed by atoms with Crippen LogP contribution in [0.4, 0.5) is 4.79 Å². The first kappa shape index (κ1) is 57.3. The summed E-state index contributed by atoms with van der Waals surface area (Å²) in [6, 6.07) is 14.1. The van der Waals surface area contributed by atoms with Crippen LogP contribution in [0.3, 0.4) is 0 Å². The fourth-order valence-electron chi connectivity index (χ4n) is 7.93. The molecule has 0 unspecified atom stereocenters. The average molecular weight is 1010 g/mol. The predicted octanol–water partition coefficient (Wildman–Crippen LogP) is 0.263. The number of aromatic nitrogens is 1. The number of carbonyl (C=O) groups is 9. The van der Waals surface area contributed by atoms with Crippen molar-refractivity contribution in [3.63, 3.8) is 0 Å². The number of unbranched alkanes of at least 4 members (excludes halogenated alkanes) is 2. The van der Waals surface area contributed by atoms with E-state index < -0.39 is 48.5 Å². The molecule has 24 nitrogen and oxygen atoms in total. The van der Waals surface area contributed by atoms with Crippen molar-refractivity contribution in [1.82, 2.24) is 50.8 Å². The van der Waals surface area contributed by atoms with E-state index in [4.69, 9.17) is 5.11 Å². The maximum atomic E-state index is 14.0. The second kappa shape index (κ2) is 30.5. The molecular formula is C48H66N10O14. The van der Waals surface area contributed by atoms with Crippen molar-refractivity contribution in [1.29, 1.82) is 0 Å². The van der Waals surface area contributed by atoms with Crippen LogP contribution < -0.4 is 21.3 Å². The van der Waals surface area contributed by atoms with Crippen LogP contribution in [0.1, 0.15) is 60.1 Å². The Balaban J connectivity index is 1.25. The summed E-state index contributed by atoms with van der Waals surface area (Å²) in [4.78, 5) is 122. The standard InChI is InChI=1S/C48H66N10O14/c59-40(10-3-5-16-50-41(60)30-54-19-21-55(31-43(63)64)23-25-57(33-45(67)68)26-24-56(22-20-54)32-44(65)66)51-27-34-11-13-36(14-12-34)46(69)58(29-39-37-8-2-1-7-35(37)15-17-49-39)18-6-4-9-38(47(70)71)53-48(72)52-28-42(61)62/h1-2,7-8,11-15,17,38H,3-6,9-10,16,18-33H2,(H,50,60)(H,51,59)(H,61,62)(H,63,64)(H,65,66)(H,67,68)(H,70,71)(H2,52,53,72)/t38-/m1/s1. The summed E-state index contributed by atoms with van der Waals surface area (Å²) in [7, 11) is 0. The van der Waals surface area contributed by atoms with Gasteiger partial charge in [0.05, 0.1) is 38.4 Å². The Bertz CT molecular complexity index is 2280. The zero-order chi connectivity index (χ0) is 52.4. The molecule has 1 saturated heterocycles. The summed E-state index contributed by atoms with van der Waals surface area (Å²) in [5.41, 5.74) is 1.79. The van der Waals surface area contributed by atoms with Crippen LogP contribution in [0, 0.1) is 0 Å². The number of aliphatic carboxylic acids is 5. The number of nitrogens with one attached hydrogen (secondary N) is 4. The zero-order valence-electron chi connectivity index (χ0n) is 40.2. The Hall–Kier alpha value is -7.28. The van der Waals surface area contributed by atoms with Gasteiger partial charge in [-0.3, -0.25) is 58.1 Å². The van der Waals surface area contributed by atoms with Crippen LogP contribution >= 0.6 is 0 Å². The first-order valence-electron chi connectivity index (χ1n) is 23.7. The molecule has 0 aliphatic carbocycles. The number of hydrogen-bond donors (Lipinski definition) is 9. The molecule has 24 heteroatoms. The van der Waals surface area contributed by atoms with E-state index in [1.165, 1.54) is 0 Å². The van der Waals surface area contributed by atoms with Crippen LogP contribution in [0.2, 0.25) is 0 Å². The second-order valence-corrected chi connectivity index (χ2v) is 17.4. The summed E-state index contributed by atoms with van der Waals surface area (Å²) >= 11 is 0. The molecule has 0 bridgehead atoms. The fraction of sp³-hybridized carbons (Fsp3) is 0.500. The number of urea groups is 1. The number of carboxylic acid groups (broad SMARTS) is 5. The van der Waals surface area contributed by atoms with Gasteiger partial charge in [0.1, 0.15) is 12.6 Å². The Morgan fingerprint density at radius 1 is 0.597 bits per heavy atom. The number of carbonyl (C=O) groups excluding carboxylic acids is 4. The summed E-state index contributed by atoms with van der Waals surface area (Å²) in [6.07, 6.45) is 3.56. The van der Waals surface area contributed by atoms with Gasteiger partial charge in [0.15, 0.2) is 0 Å². The number of rotatable bonds is 27. The lowest BCUT2D eigenvalue weighted by Gasteiger charge is -2.32. The maximum Gasteiger partial charge on any atom is 0.326 e. The zero-order valence-corrected chi connectivity index (χ0v) is 40.2. The average Bonchev–Trinajstić information content (AvgIpc) is 3.33. The molecule has 5 amide bonds. The van der Waals surface area contributed by atoms with E-state index in [0.717, 1.165) is 16.3 Å². The monoisotopic (exact) mass is 1010 g/mol. The molecular weight excluding hydrogens is 941 g/mol. The lowest BCUT2D eigenvalue weighted by atomic mass is 10.1. The van der Waals surface area contributed by atoms with Gasteiger partial charge in [-0.25, -0.2) is 9.59 Å². The summed E-state index contributed by atoms with van der Waals surface area (Å²) in [5.74, 6) is -6.50. The van der Waals surface area contributed by atoms with Crippen LogP contribution in [0.25, 0.3) is 10.8 Å². The van der Waals surface area contributed by atoms with Gasteiger partial charge in [-0.2, -0.15) is 0 Å². The molecule has 2 heterocycles.